The van der Waals surface area contributed by atoms with Gasteiger partial charge in [0.15, 0.2) is 0 Å². The van der Waals surface area contributed by atoms with Gasteiger partial charge < -0.3 is 9.47 Å². The number of hydrogen-bond acceptors (Lipinski definition) is 3. The van der Waals surface area contributed by atoms with Gasteiger partial charge in [0.1, 0.15) is 5.60 Å². The lowest BCUT2D eigenvalue weighted by molar-refractivity contribution is -0.0529. The second kappa shape index (κ2) is 6.44. The molecule has 2 bridgehead atoms. The second-order valence-corrected chi connectivity index (χ2v) is 7.39. The maximum absolute atomic E-state index is 12.6. The van der Waals surface area contributed by atoms with Crippen LogP contribution in [0.15, 0.2) is 48.6 Å². The first kappa shape index (κ1) is 16.8. The number of benzene rings is 1. The average Bonchev–Trinajstić information content (AvgIpc) is 2.52. The summed E-state index contributed by atoms with van der Waals surface area (Å²) in [6, 6.07) is 10.1. The minimum absolute atomic E-state index is 0.000868. The number of amides is 1. The fourth-order valence-corrected chi connectivity index (χ4v) is 3.24. The Morgan fingerprint density at radius 3 is 2.58 bits per heavy atom. The van der Waals surface area contributed by atoms with Crippen LogP contribution in [0.3, 0.4) is 0 Å². The van der Waals surface area contributed by atoms with E-state index in [4.69, 9.17) is 9.47 Å². The molecular weight excluding hydrogens is 302 g/mol. The van der Waals surface area contributed by atoms with Crippen molar-refractivity contribution in [3.63, 3.8) is 0 Å². The Hall–Kier alpha value is -2.07. The highest BCUT2D eigenvalue weighted by atomic mass is 16.6. The van der Waals surface area contributed by atoms with Crippen LogP contribution >= 0.6 is 0 Å². The molecule has 2 unspecified atom stereocenters. The molecular formula is C20H25NO3. The van der Waals surface area contributed by atoms with Crippen molar-refractivity contribution in [3.8, 4) is 0 Å². The van der Waals surface area contributed by atoms with Crippen LogP contribution in [0.4, 0.5) is 4.79 Å². The Balaban J connectivity index is 1.82. The number of morpholine rings is 1. The smallest absolute Gasteiger partial charge is 0.411 e. The first-order valence-corrected chi connectivity index (χ1v) is 8.39. The average molecular weight is 327 g/mol. The van der Waals surface area contributed by atoms with Crippen molar-refractivity contribution in [1.29, 1.82) is 0 Å². The molecule has 4 nitrogen and oxygen atoms in total. The molecule has 1 fully saturated rings. The molecule has 0 aliphatic carbocycles. The zero-order valence-corrected chi connectivity index (χ0v) is 14.6. The first-order chi connectivity index (χ1) is 11.3. The van der Waals surface area contributed by atoms with Gasteiger partial charge in [-0.3, -0.25) is 4.90 Å². The van der Waals surface area contributed by atoms with Gasteiger partial charge in [0.2, 0.25) is 0 Å². The molecule has 2 aliphatic rings. The third kappa shape index (κ3) is 3.54. The Bertz CT molecular complexity index is 657. The van der Waals surface area contributed by atoms with E-state index in [9.17, 15) is 4.79 Å². The standard InChI is InChI=1S/C20H25NO3/c1-14(15-8-6-5-7-9-15)16-10-17-12-23-13-18(11-16)21(17)19(22)24-20(2,3)4/h5-10,17-18H,1,11-13H2,2-4H3. The summed E-state index contributed by atoms with van der Waals surface area (Å²) in [5.74, 6) is 0. The van der Waals surface area contributed by atoms with Gasteiger partial charge in [0, 0.05) is 0 Å². The summed E-state index contributed by atoms with van der Waals surface area (Å²) in [6.07, 6.45) is 2.58. The Morgan fingerprint density at radius 2 is 1.96 bits per heavy atom. The van der Waals surface area contributed by atoms with Gasteiger partial charge in [-0.1, -0.05) is 43.0 Å². The van der Waals surface area contributed by atoms with Crippen molar-refractivity contribution < 1.29 is 14.3 Å². The molecule has 1 amide bonds. The number of carbonyl (C=O) groups is 1. The highest BCUT2D eigenvalue weighted by Gasteiger charge is 2.40. The molecule has 3 rings (SSSR count). The van der Waals surface area contributed by atoms with Gasteiger partial charge in [-0.2, -0.15) is 0 Å². The van der Waals surface area contributed by atoms with Gasteiger partial charge in [0.25, 0.3) is 0 Å². The van der Waals surface area contributed by atoms with Crippen LogP contribution in [0, 0.1) is 0 Å². The van der Waals surface area contributed by atoms with Crippen LogP contribution in [0.25, 0.3) is 5.57 Å². The molecule has 0 N–H and O–H groups in total. The van der Waals surface area contributed by atoms with Crippen LogP contribution in [-0.4, -0.2) is 41.9 Å². The van der Waals surface area contributed by atoms with E-state index in [2.05, 4.69) is 24.8 Å². The number of fused-ring (bicyclic) bond motifs is 2. The normalized spacial score (nSPS) is 23.5. The maximum Gasteiger partial charge on any atom is 0.411 e. The van der Waals surface area contributed by atoms with Crippen LogP contribution in [0.2, 0.25) is 0 Å². The fourth-order valence-electron chi connectivity index (χ4n) is 3.24. The van der Waals surface area contributed by atoms with E-state index in [0.29, 0.717) is 13.2 Å². The number of nitrogens with zero attached hydrogens (tertiary/aromatic N) is 1. The van der Waals surface area contributed by atoms with Crippen LogP contribution in [0.1, 0.15) is 32.8 Å². The van der Waals surface area contributed by atoms with Crippen LogP contribution < -0.4 is 0 Å². The number of allylic oxidation sites excluding steroid dienone is 1. The third-order valence-corrected chi connectivity index (χ3v) is 4.31. The van der Waals surface area contributed by atoms with E-state index in [-0.39, 0.29) is 18.2 Å². The molecule has 24 heavy (non-hydrogen) atoms. The molecule has 1 saturated heterocycles. The van der Waals surface area contributed by atoms with E-state index < -0.39 is 5.60 Å². The zero-order valence-electron chi connectivity index (χ0n) is 14.6. The quantitative estimate of drug-likeness (QED) is 0.823. The van der Waals surface area contributed by atoms with Crippen molar-refractivity contribution in [3.05, 3.63) is 54.1 Å². The predicted octanol–water partition coefficient (Wildman–Crippen LogP) is 4.03. The highest BCUT2D eigenvalue weighted by Crippen LogP contribution is 2.34. The fraction of sp³-hybridized carbons (Fsp3) is 0.450. The van der Waals surface area contributed by atoms with Crippen molar-refractivity contribution in [2.24, 2.45) is 0 Å². The molecule has 2 aliphatic heterocycles. The number of rotatable bonds is 2. The van der Waals surface area contributed by atoms with E-state index in [0.717, 1.165) is 17.6 Å². The molecule has 4 heteroatoms. The SMILES string of the molecule is C=C(C1=CC2COCC(C1)N2C(=O)OC(C)(C)C)c1ccccc1. The van der Waals surface area contributed by atoms with Gasteiger partial charge in [-0.15, -0.1) is 0 Å². The van der Waals surface area contributed by atoms with E-state index in [1.807, 2.05) is 43.9 Å². The lowest BCUT2D eigenvalue weighted by Crippen LogP contribution is -2.57. The minimum Gasteiger partial charge on any atom is -0.444 e. The highest BCUT2D eigenvalue weighted by molar-refractivity contribution is 5.79. The molecule has 0 radical (unpaired) electrons. The summed E-state index contributed by atoms with van der Waals surface area (Å²) in [5, 5.41) is 0. The summed E-state index contributed by atoms with van der Waals surface area (Å²) in [7, 11) is 0. The Labute approximate surface area is 143 Å². The lowest BCUT2D eigenvalue weighted by Gasteiger charge is -2.44. The minimum atomic E-state index is -0.496. The number of carbonyl (C=O) groups excluding carboxylic acids is 1. The lowest BCUT2D eigenvalue weighted by atomic mass is 9.87. The molecule has 2 atom stereocenters. The number of hydrogen-bond donors (Lipinski definition) is 0. The van der Waals surface area contributed by atoms with E-state index in [1.54, 1.807) is 0 Å². The van der Waals surface area contributed by atoms with Crippen LogP contribution in [-0.2, 0) is 9.47 Å². The molecule has 2 heterocycles. The third-order valence-electron chi connectivity index (χ3n) is 4.31. The van der Waals surface area contributed by atoms with Gasteiger partial charge in [-0.25, -0.2) is 4.79 Å². The predicted molar refractivity (Wildman–Crippen MR) is 94.6 cm³/mol. The molecule has 0 spiro atoms. The largest absolute Gasteiger partial charge is 0.444 e. The Kier molecular flexibility index (Phi) is 4.50. The van der Waals surface area contributed by atoms with Gasteiger partial charge in [0.05, 0.1) is 25.3 Å². The van der Waals surface area contributed by atoms with Crippen molar-refractivity contribution in [2.75, 3.05) is 13.2 Å². The van der Waals surface area contributed by atoms with Gasteiger partial charge >= 0.3 is 6.09 Å². The molecule has 1 aromatic carbocycles. The summed E-state index contributed by atoms with van der Waals surface area (Å²) in [4.78, 5) is 14.4. The van der Waals surface area contributed by atoms with Crippen molar-refractivity contribution >= 4 is 11.7 Å². The van der Waals surface area contributed by atoms with E-state index >= 15 is 0 Å². The Morgan fingerprint density at radius 1 is 1.25 bits per heavy atom. The topological polar surface area (TPSA) is 38.8 Å². The zero-order chi connectivity index (χ0) is 17.3. The molecule has 1 aromatic rings. The number of ether oxygens (including phenoxy) is 2. The van der Waals surface area contributed by atoms with Crippen molar-refractivity contribution in [2.45, 2.75) is 44.9 Å². The first-order valence-electron chi connectivity index (χ1n) is 8.39. The molecule has 0 aromatic heterocycles. The van der Waals surface area contributed by atoms with E-state index in [1.165, 1.54) is 5.57 Å². The van der Waals surface area contributed by atoms with Gasteiger partial charge in [-0.05, 0) is 43.9 Å². The summed E-state index contributed by atoms with van der Waals surface area (Å²) >= 11 is 0. The molecule has 0 saturated carbocycles. The summed E-state index contributed by atoms with van der Waals surface area (Å²) < 4.78 is 11.2. The van der Waals surface area contributed by atoms with Crippen molar-refractivity contribution in [1.82, 2.24) is 4.90 Å². The summed E-state index contributed by atoms with van der Waals surface area (Å²) in [5.41, 5.74) is 2.84. The monoisotopic (exact) mass is 327 g/mol. The van der Waals surface area contributed by atoms with Crippen LogP contribution in [0.5, 0.6) is 0 Å². The second-order valence-electron chi connectivity index (χ2n) is 7.39. The maximum atomic E-state index is 12.6. The molecule has 128 valence electrons. The summed E-state index contributed by atoms with van der Waals surface area (Å²) in [6.45, 7) is 11.0.